The Kier molecular flexibility index (Phi) is 5.42. The number of methoxy groups -OCH3 is 1. The molecule has 0 spiro atoms. The van der Waals surface area contributed by atoms with E-state index >= 15 is 0 Å². The molecule has 1 heterocycles. The van der Waals surface area contributed by atoms with Crippen molar-refractivity contribution in [1.29, 1.82) is 5.26 Å². The lowest BCUT2D eigenvalue weighted by Crippen LogP contribution is -2.08. The molecule has 1 N–H and O–H groups in total. The van der Waals surface area contributed by atoms with E-state index < -0.39 is 0 Å². The van der Waals surface area contributed by atoms with E-state index in [-0.39, 0.29) is 0 Å². The third-order valence-corrected chi connectivity index (χ3v) is 4.70. The normalized spacial score (nSPS) is 10.4. The number of para-hydroxylation sites is 1. The Morgan fingerprint density at radius 2 is 2.04 bits per heavy atom. The van der Waals surface area contributed by atoms with Crippen molar-refractivity contribution in [3.8, 4) is 11.8 Å². The van der Waals surface area contributed by atoms with Crippen LogP contribution in [-0.2, 0) is 6.42 Å². The van der Waals surface area contributed by atoms with Crippen LogP contribution in [0.4, 0.5) is 5.69 Å². The zero-order chi connectivity index (χ0) is 17.6. The fourth-order valence-corrected chi connectivity index (χ4v) is 3.33. The minimum Gasteiger partial charge on any atom is -0.497 e. The lowest BCUT2D eigenvalue weighted by atomic mass is 10.1. The number of rotatable bonds is 6. The van der Waals surface area contributed by atoms with Crippen LogP contribution in [0.25, 0.3) is 10.9 Å². The topological polar surface area (TPSA) is 57.9 Å². The minimum atomic E-state index is 0.608. The number of nitrogens with one attached hydrogen (secondary N) is 1. The number of hydrogen-bond acceptors (Lipinski definition) is 5. The number of fused-ring (bicyclic) bond motifs is 1. The third kappa shape index (κ3) is 3.70. The van der Waals surface area contributed by atoms with Gasteiger partial charge in [-0.1, -0.05) is 30.3 Å². The van der Waals surface area contributed by atoms with Crippen LogP contribution in [0.2, 0.25) is 0 Å². The molecule has 1 aromatic heterocycles. The molecule has 0 fully saturated rings. The molecule has 4 nitrogen and oxygen atoms in total. The highest BCUT2D eigenvalue weighted by molar-refractivity contribution is 7.98. The Hall–Kier alpha value is -2.71. The second-order valence-corrected chi connectivity index (χ2v) is 6.32. The minimum absolute atomic E-state index is 0.608. The van der Waals surface area contributed by atoms with E-state index in [0.717, 1.165) is 40.3 Å². The number of nitriles is 1. The summed E-state index contributed by atoms with van der Waals surface area (Å²) in [4.78, 5) is 4.60. The number of hydrogen-bond donors (Lipinski definition) is 1. The van der Waals surface area contributed by atoms with Crippen molar-refractivity contribution in [2.24, 2.45) is 0 Å². The van der Waals surface area contributed by atoms with Crippen molar-refractivity contribution in [3.63, 3.8) is 0 Å². The number of nitrogens with zero attached hydrogens (tertiary/aromatic N) is 2. The van der Waals surface area contributed by atoms with Crippen molar-refractivity contribution >= 4 is 28.4 Å². The molecule has 0 saturated carbocycles. The van der Waals surface area contributed by atoms with Gasteiger partial charge in [-0.05, 0) is 36.4 Å². The van der Waals surface area contributed by atoms with Crippen LogP contribution >= 0.6 is 11.8 Å². The van der Waals surface area contributed by atoms with Crippen LogP contribution in [0.5, 0.6) is 5.75 Å². The van der Waals surface area contributed by atoms with Crippen molar-refractivity contribution in [1.82, 2.24) is 4.98 Å². The van der Waals surface area contributed by atoms with Crippen molar-refractivity contribution in [2.75, 3.05) is 25.2 Å². The molecular formula is C20H19N3OS. The van der Waals surface area contributed by atoms with Crippen LogP contribution in [0.1, 0.15) is 11.1 Å². The van der Waals surface area contributed by atoms with Gasteiger partial charge in [0.05, 0.1) is 18.3 Å². The van der Waals surface area contributed by atoms with Gasteiger partial charge in [-0.15, -0.1) is 11.8 Å². The highest BCUT2D eigenvalue weighted by atomic mass is 32.2. The fraction of sp³-hybridized carbons (Fsp3) is 0.200. The Labute approximate surface area is 151 Å². The molecule has 0 aliphatic rings. The zero-order valence-electron chi connectivity index (χ0n) is 14.2. The average Bonchev–Trinajstić information content (AvgIpc) is 2.67. The molecule has 3 rings (SSSR count). The summed E-state index contributed by atoms with van der Waals surface area (Å²) < 4.78 is 5.27. The van der Waals surface area contributed by atoms with E-state index in [2.05, 4.69) is 22.4 Å². The Morgan fingerprint density at radius 3 is 2.80 bits per heavy atom. The molecule has 0 radical (unpaired) electrons. The molecule has 0 saturated heterocycles. The molecule has 0 unspecified atom stereocenters. The van der Waals surface area contributed by atoms with E-state index in [1.165, 1.54) is 17.3 Å². The number of benzene rings is 2. The maximum atomic E-state index is 9.61. The Balaban J connectivity index is 1.88. The number of thioether (sulfide) groups is 1. The van der Waals surface area contributed by atoms with Gasteiger partial charge in [0.25, 0.3) is 0 Å². The summed E-state index contributed by atoms with van der Waals surface area (Å²) in [6, 6.07) is 18.3. The molecular weight excluding hydrogens is 330 g/mol. The Morgan fingerprint density at radius 1 is 1.20 bits per heavy atom. The second-order valence-electron chi connectivity index (χ2n) is 5.53. The predicted octanol–water partition coefficient (Wildman–Crippen LogP) is 4.49. The number of anilines is 1. The van der Waals surface area contributed by atoms with Crippen LogP contribution in [0.15, 0.2) is 53.6 Å². The molecule has 5 heteroatoms. The van der Waals surface area contributed by atoms with Gasteiger partial charge in [-0.2, -0.15) is 5.26 Å². The summed E-state index contributed by atoms with van der Waals surface area (Å²) in [6.45, 7) is 0.726. The molecule has 0 aliphatic carbocycles. The highest BCUT2D eigenvalue weighted by Crippen LogP contribution is 2.32. The van der Waals surface area contributed by atoms with E-state index in [1.54, 1.807) is 7.11 Å². The lowest BCUT2D eigenvalue weighted by Gasteiger charge is -2.14. The van der Waals surface area contributed by atoms with Crippen LogP contribution in [0.3, 0.4) is 0 Å². The van der Waals surface area contributed by atoms with Crippen molar-refractivity contribution < 1.29 is 4.74 Å². The first-order chi connectivity index (χ1) is 12.3. The van der Waals surface area contributed by atoms with E-state index in [0.29, 0.717) is 5.56 Å². The molecule has 0 amide bonds. The largest absolute Gasteiger partial charge is 0.497 e. The quantitative estimate of drug-likeness (QED) is 0.664. The van der Waals surface area contributed by atoms with Gasteiger partial charge in [-0.3, -0.25) is 0 Å². The van der Waals surface area contributed by atoms with Crippen LogP contribution < -0.4 is 10.1 Å². The van der Waals surface area contributed by atoms with Gasteiger partial charge in [0.2, 0.25) is 0 Å². The fourth-order valence-electron chi connectivity index (χ4n) is 2.78. The summed E-state index contributed by atoms with van der Waals surface area (Å²) >= 11 is 1.49. The molecule has 25 heavy (non-hydrogen) atoms. The number of ether oxygens (including phenoxy) is 1. The lowest BCUT2D eigenvalue weighted by molar-refractivity contribution is 0.414. The van der Waals surface area contributed by atoms with Crippen LogP contribution in [-0.4, -0.2) is 24.9 Å². The third-order valence-electron chi connectivity index (χ3n) is 4.01. The van der Waals surface area contributed by atoms with Gasteiger partial charge in [0, 0.05) is 11.9 Å². The molecule has 0 bridgehead atoms. The molecule has 0 atom stereocenters. The molecule has 2 aromatic carbocycles. The Bertz CT molecular complexity index is 934. The van der Waals surface area contributed by atoms with Gasteiger partial charge < -0.3 is 10.1 Å². The molecule has 3 aromatic rings. The number of aromatic nitrogens is 1. The van der Waals surface area contributed by atoms with Gasteiger partial charge in [0.15, 0.2) is 0 Å². The first kappa shape index (κ1) is 17.1. The van der Waals surface area contributed by atoms with Gasteiger partial charge in [0.1, 0.15) is 22.4 Å². The predicted molar refractivity (Wildman–Crippen MR) is 103 cm³/mol. The monoisotopic (exact) mass is 349 g/mol. The van der Waals surface area contributed by atoms with E-state index in [1.807, 2.05) is 48.7 Å². The zero-order valence-corrected chi connectivity index (χ0v) is 15.1. The SMILES string of the molecule is COc1cccc(CCNc2c(C#N)c(SC)nc3ccccc23)c1. The van der Waals surface area contributed by atoms with E-state index in [4.69, 9.17) is 4.74 Å². The first-order valence-electron chi connectivity index (χ1n) is 8.00. The van der Waals surface area contributed by atoms with Crippen LogP contribution in [0, 0.1) is 11.3 Å². The summed E-state index contributed by atoms with van der Waals surface area (Å²) in [5, 5.41) is 14.8. The van der Waals surface area contributed by atoms with Crippen molar-refractivity contribution in [3.05, 3.63) is 59.7 Å². The maximum absolute atomic E-state index is 9.61. The standard InChI is InChI=1S/C20H19N3OS/c1-24-15-7-5-6-14(12-15)10-11-22-19-16-8-3-4-9-18(16)23-20(25-2)17(19)13-21/h3-9,12H,10-11H2,1-2H3,(H,22,23). The van der Waals surface area contributed by atoms with E-state index in [9.17, 15) is 5.26 Å². The average molecular weight is 349 g/mol. The highest BCUT2D eigenvalue weighted by Gasteiger charge is 2.14. The second kappa shape index (κ2) is 7.91. The molecule has 0 aliphatic heterocycles. The molecule has 126 valence electrons. The first-order valence-corrected chi connectivity index (χ1v) is 9.23. The van der Waals surface area contributed by atoms with Crippen molar-refractivity contribution in [2.45, 2.75) is 11.4 Å². The summed E-state index contributed by atoms with van der Waals surface area (Å²) in [7, 11) is 1.67. The number of pyridine rings is 1. The summed E-state index contributed by atoms with van der Waals surface area (Å²) in [5.41, 5.74) is 3.56. The maximum Gasteiger partial charge on any atom is 0.119 e. The van der Waals surface area contributed by atoms with Gasteiger partial charge >= 0.3 is 0 Å². The van der Waals surface area contributed by atoms with Gasteiger partial charge in [-0.25, -0.2) is 4.98 Å². The summed E-state index contributed by atoms with van der Waals surface area (Å²) in [5.74, 6) is 0.856. The summed E-state index contributed by atoms with van der Waals surface area (Å²) in [6.07, 6.45) is 2.78. The smallest absolute Gasteiger partial charge is 0.119 e.